The summed E-state index contributed by atoms with van der Waals surface area (Å²) in [6.45, 7) is 4.02. The van der Waals surface area contributed by atoms with Crippen LogP contribution in [0.4, 0.5) is 17.1 Å². The number of phenolic OH excluding ortho intramolecular Hbond substituents is 1. The van der Waals surface area contributed by atoms with Gasteiger partial charge in [0.05, 0.1) is 29.8 Å². The van der Waals surface area contributed by atoms with Crippen molar-refractivity contribution in [2.75, 3.05) is 56.4 Å². The van der Waals surface area contributed by atoms with Crippen LogP contribution in [0.1, 0.15) is 22.3 Å². The van der Waals surface area contributed by atoms with Gasteiger partial charge in [-0.15, -0.1) is 6.58 Å². The summed E-state index contributed by atoms with van der Waals surface area (Å²) in [6, 6.07) is 9.45. The van der Waals surface area contributed by atoms with Crippen LogP contribution in [-0.2, 0) is 30.4 Å². The number of phenols is 1. The quantitative estimate of drug-likeness (QED) is 0.169. The Morgan fingerprint density at radius 2 is 1.66 bits per heavy atom. The number of nitrogens with one attached hydrogen (secondary N) is 1. The number of hydrogen-bond donors (Lipinski definition) is 4. The molecule has 0 heterocycles. The van der Waals surface area contributed by atoms with Crippen molar-refractivity contribution >= 4 is 52.0 Å². The van der Waals surface area contributed by atoms with E-state index in [1.165, 1.54) is 25.1 Å². The highest BCUT2D eigenvalue weighted by Gasteiger charge is 2.69. The largest absolute Gasteiger partial charge is 0.505 e. The Labute approximate surface area is 272 Å². The number of carbonyl (C=O) groups excluding carboxylic acids is 6. The van der Waals surface area contributed by atoms with E-state index in [0.717, 1.165) is 11.4 Å². The number of anilines is 3. The molecule has 2 aromatic carbocycles. The molecule has 0 bridgehead atoms. The van der Waals surface area contributed by atoms with E-state index in [-0.39, 0.29) is 30.6 Å². The lowest BCUT2D eigenvalue weighted by molar-refractivity contribution is -0.181. The van der Waals surface area contributed by atoms with Gasteiger partial charge in [0.2, 0.25) is 11.8 Å². The Hall–Kier alpha value is -4.88. The molecule has 0 aromatic heterocycles. The number of fused-ring (bicyclic) bond motifs is 3. The van der Waals surface area contributed by atoms with Crippen molar-refractivity contribution in [2.24, 2.45) is 29.4 Å². The first-order valence-electron chi connectivity index (χ1n) is 15.3. The zero-order chi connectivity index (χ0) is 34.5. The lowest BCUT2D eigenvalue weighted by Gasteiger charge is -2.52. The van der Waals surface area contributed by atoms with Gasteiger partial charge in [0.1, 0.15) is 5.75 Å². The number of primary amides is 1. The first kappa shape index (κ1) is 33.5. The number of aliphatic hydroxyl groups is 1. The number of rotatable bonds is 9. The third-order valence-electron chi connectivity index (χ3n) is 9.62. The lowest BCUT2D eigenvalue weighted by Crippen LogP contribution is -2.74. The second-order valence-corrected chi connectivity index (χ2v) is 12.9. The predicted octanol–water partition coefficient (Wildman–Crippen LogP) is 0.564. The minimum absolute atomic E-state index is 0.0438. The lowest BCUT2D eigenvalue weighted by atomic mass is 9.52. The molecule has 2 aromatic rings. The molecule has 248 valence electrons. The first-order chi connectivity index (χ1) is 22.1. The second kappa shape index (κ2) is 12.4. The number of carbonyl (C=O) groups is 6. The van der Waals surface area contributed by atoms with Crippen molar-refractivity contribution in [3.8, 4) is 5.75 Å². The minimum atomic E-state index is -2.81. The van der Waals surface area contributed by atoms with E-state index in [1.807, 2.05) is 43.3 Å². The highest BCUT2D eigenvalue weighted by molar-refractivity contribution is 6.32. The maximum absolute atomic E-state index is 14.0. The third-order valence-corrected chi connectivity index (χ3v) is 9.62. The Morgan fingerprint density at radius 3 is 2.23 bits per heavy atom. The molecule has 2 saturated carbocycles. The van der Waals surface area contributed by atoms with Gasteiger partial charge in [-0.3, -0.25) is 33.7 Å². The molecule has 0 radical (unpaired) electrons. The molecular weight excluding hydrogens is 606 g/mol. The molecule has 2 fully saturated rings. The molecule has 6 atom stereocenters. The van der Waals surface area contributed by atoms with Crippen molar-refractivity contribution in [1.82, 2.24) is 4.90 Å². The summed E-state index contributed by atoms with van der Waals surface area (Å²) in [7, 11) is 6.89. The van der Waals surface area contributed by atoms with Crippen LogP contribution in [-0.4, -0.2) is 103 Å². The number of ketones is 4. The summed E-state index contributed by atoms with van der Waals surface area (Å²) in [5.41, 5.74) is 4.47. The second-order valence-electron chi connectivity index (χ2n) is 12.9. The molecule has 3 aliphatic rings. The molecule has 4 unspecified atom stereocenters. The molecule has 2 amide bonds. The van der Waals surface area contributed by atoms with Gasteiger partial charge in [-0.1, -0.05) is 12.1 Å². The normalized spacial score (nSPS) is 26.6. The highest BCUT2D eigenvalue weighted by Crippen LogP contribution is 2.51. The minimum Gasteiger partial charge on any atom is -0.505 e. The zero-order valence-corrected chi connectivity index (χ0v) is 26.7. The molecule has 0 saturated heterocycles. The number of nitrogens with two attached hydrogens (primary N) is 1. The van der Waals surface area contributed by atoms with Crippen LogP contribution >= 0.6 is 0 Å². The van der Waals surface area contributed by atoms with E-state index >= 15 is 0 Å². The summed E-state index contributed by atoms with van der Waals surface area (Å²) < 4.78 is 0. The monoisotopic (exact) mass is 645 g/mol. The summed E-state index contributed by atoms with van der Waals surface area (Å²) >= 11 is 0. The fourth-order valence-corrected chi connectivity index (χ4v) is 7.42. The smallest absolute Gasteiger partial charge is 0.244 e. The number of nitrogens with zero attached hydrogens (tertiary/aromatic N) is 3. The van der Waals surface area contributed by atoms with Crippen molar-refractivity contribution in [3.63, 3.8) is 0 Å². The Kier molecular flexibility index (Phi) is 8.82. The Balaban J connectivity index is 1.43. The van der Waals surface area contributed by atoms with Crippen molar-refractivity contribution in [1.29, 1.82) is 0 Å². The van der Waals surface area contributed by atoms with Crippen molar-refractivity contribution in [3.05, 3.63) is 60.2 Å². The summed E-state index contributed by atoms with van der Waals surface area (Å²) in [6.07, 6.45) is 1.74. The SMILES string of the molecule is C=CCN(CC(=O)Nc1ccc2c(c1O)C(=O)C1C(=O)[C@]3(O)C(=O)C(C(N)=O)C(=O)[C@@H](N(C)C)C3CC1C2)c1ccc(N(C)C)cc1. The summed E-state index contributed by atoms with van der Waals surface area (Å²) in [5.74, 6) is -11.9. The Bertz CT molecular complexity index is 1690. The summed E-state index contributed by atoms with van der Waals surface area (Å²) in [5, 5.41) is 25.6. The molecule has 13 heteroatoms. The van der Waals surface area contributed by atoms with Gasteiger partial charge < -0.3 is 31.1 Å². The molecule has 5 rings (SSSR count). The van der Waals surface area contributed by atoms with Gasteiger partial charge in [0.15, 0.2) is 34.7 Å². The molecule has 5 N–H and O–H groups in total. The topological polar surface area (TPSA) is 191 Å². The van der Waals surface area contributed by atoms with Crippen LogP contribution in [0.2, 0.25) is 0 Å². The number of benzene rings is 2. The van der Waals surface area contributed by atoms with Gasteiger partial charge in [0, 0.05) is 37.9 Å². The predicted molar refractivity (Wildman–Crippen MR) is 173 cm³/mol. The van der Waals surface area contributed by atoms with Gasteiger partial charge >= 0.3 is 0 Å². The van der Waals surface area contributed by atoms with E-state index in [2.05, 4.69) is 11.9 Å². The highest BCUT2D eigenvalue weighted by atomic mass is 16.3. The molecule has 0 spiro atoms. The van der Waals surface area contributed by atoms with Crippen molar-refractivity contribution in [2.45, 2.75) is 24.5 Å². The number of aromatic hydroxyl groups is 1. The third kappa shape index (κ3) is 5.48. The van der Waals surface area contributed by atoms with Crippen LogP contribution in [0.15, 0.2) is 49.1 Å². The molecule has 3 aliphatic carbocycles. The van der Waals surface area contributed by atoms with Crippen LogP contribution in [0.5, 0.6) is 5.75 Å². The average Bonchev–Trinajstić information content (AvgIpc) is 3.00. The van der Waals surface area contributed by atoms with E-state index in [4.69, 9.17) is 5.73 Å². The molecule has 13 nitrogen and oxygen atoms in total. The molecule has 0 aliphatic heterocycles. The van der Waals surface area contributed by atoms with Crippen molar-refractivity contribution < 1.29 is 39.0 Å². The van der Waals surface area contributed by atoms with E-state index in [9.17, 15) is 39.0 Å². The van der Waals surface area contributed by atoms with E-state index in [1.54, 1.807) is 17.0 Å². The number of Topliss-reactive ketones (excluding diaryl/α,β-unsaturated/α-hetero) is 4. The fraction of sp³-hybridized carbons (Fsp3) is 0.412. The van der Waals surface area contributed by atoms with E-state index < -0.39 is 76.0 Å². The van der Waals surface area contributed by atoms with Gasteiger partial charge in [-0.2, -0.15) is 0 Å². The van der Waals surface area contributed by atoms with Gasteiger partial charge in [-0.25, -0.2) is 0 Å². The number of likely N-dealkylation sites (N-methyl/N-ethyl adjacent to an activating group) is 1. The maximum Gasteiger partial charge on any atom is 0.244 e. The van der Waals surface area contributed by atoms with Crippen LogP contribution in [0, 0.1) is 23.7 Å². The summed E-state index contributed by atoms with van der Waals surface area (Å²) in [4.78, 5) is 85.1. The average molecular weight is 646 g/mol. The fourth-order valence-electron chi connectivity index (χ4n) is 7.42. The Morgan fingerprint density at radius 1 is 1.02 bits per heavy atom. The van der Waals surface area contributed by atoms with Crippen LogP contribution < -0.4 is 20.9 Å². The molecular formula is C34H39N5O8. The molecule has 47 heavy (non-hydrogen) atoms. The zero-order valence-electron chi connectivity index (χ0n) is 26.7. The number of amides is 2. The van der Waals surface area contributed by atoms with Crippen LogP contribution in [0.25, 0.3) is 0 Å². The van der Waals surface area contributed by atoms with Crippen LogP contribution in [0.3, 0.4) is 0 Å². The maximum atomic E-state index is 14.0. The van der Waals surface area contributed by atoms with Gasteiger partial charge in [-0.05, 0) is 68.8 Å². The first-order valence-corrected chi connectivity index (χ1v) is 15.3. The van der Waals surface area contributed by atoms with Gasteiger partial charge in [0.25, 0.3) is 0 Å². The number of hydrogen-bond acceptors (Lipinski definition) is 11. The van der Waals surface area contributed by atoms with E-state index in [0.29, 0.717) is 12.1 Å². The standard InChI is InChI=1S/C34H39N5O8/c1-6-13-39(20-10-8-19(9-11-20)37(2)3)16-23(40)36-22-12-7-17-14-18-15-21-27(38(4)5)30(43)26(33(35)46)32(45)34(21,47)31(44)25(18)29(42)24(17)28(22)41/h6-12,18,21,25-27,41,47H,1,13-16H2,2-5H3,(H2,35,46)(H,36,40)/t18?,21?,25?,26?,27-,34-/m0/s1.